The summed E-state index contributed by atoms with van der Waals surface area (Å²) in [5, 5.41) is 0. The van der Waals surface area contributed by atoms with E-state index in [4.69, 9.17) is 19.2 Å². The third kappa shape index (κ3) is 9.12. The Kier molecular flexibility index (Phi) is 11.8. The van der Waals surface area contributed by atoms with Crippen LogP contribution in [-0.4, -0.2) is 13.2 Å². The molecule has 0 saturated carbocycles. The standard InChI is InChI=1S/C18H19O2.ClH.Zn/c1-3-9-17(10-4-1)15-19-13-7-8-14-20-16-18-11-5-2-6-12-18;;/h1-7,9-12H,13-16H2;1H;/q-1;;+2/p-1. The van der Waals surface area contributed by atoms with Crippen LogP contribution in [0.15, 0.2) is 66.7 Å². The summed E-state index contributed by atoms with van der Waals surface area (Å²) in [6.07, 6.45) is 4.94. The fraction of sp³-hybridized carbons (Fsp3) is 0.222. The van der Waals surface area contributed by atoms with Crippen molar-refractivity contribution in [3.8, 4) is 0 Å². The normalized spacial score (nSPS) is 10.3. The number of hydrogen-bond acceptors (Lipinski definition) is 2. The molecule has 0 bridgehead atoms. The van der Waals surface area contributed by atoms with Crippen molar-refractivity contribution < 1.29 is 26.8 Å². The molecule has 22 heavy (non-hydrogen) atoms. The quantitative estimate of drug-likeness (QED) is 0.389. The zero-order chi connectivity index (χ0) is 15.9. The van der Waals surface area contributed by atoms with Gasteiger partial charge in [-0.3, -0.25) is 0 Å². The van der Waals surface area contributed by atoms with Gasteiger partial charge in [-0.15, -0.1) is 0 Å². The van der Waals surface area contributed by atoms with E-state index in [1.165, 1.54) is 11.1 Å². The summed E-state index contributed by atoms with van der Waals surface area (Å²) in [6, 6.07) is 20.2. The molecule has 0 saturated heterocycles. The second kappa shape index (κ2) is 13.7. The Hall–Kier alpha value is -0.987. The Morgan fingerprint density at radius 2 is 1.32 bits per heavy atom. The van der Waals surface area contributed by atoms with E-state index in [1.807, 2.05) is 54.6 Å². The molecule has 112 valence electrons. The van der Waals surface area contributed by atoms with Gasteiger partial charge in [0, 0.05) is 6.61 Å². The van der Waals surface area contributed by atoms with E-state index < -0.39 is 0 Å². The van der Waals surface area contributed by atoms with E-state index in [-0.39, 0.29) is 0 Å². The van der Waals surface area contributed by atoms with Crippen molar-refractivity contribution in [3.05, 3.63) is 83.9 Å². The van der Waals surface area contributed by atoms with E-state index in [2.05, 4.69) is 18.2 Å². The van der Waals surface area contributed by atoms with Crippen LogP contribution in [-0.2, 0) is 40.0 Å². The number of benzene rings is 2. The van der Waals surface area contributed by atoms with Gasteiger partial charge >= 0.3 is 27.0 Å². The molecule has 2 aromatic carbocycles. The molecule has 0 aliphatic carbocycles. The van der Waals surface area contributed by atoms with E-state index >= 15 is 0 Å². The Morgan fingerprint density at radius 3 is 1.86 bits per heavy atom. The molecule has 4 heteroatoms. The van der Waals surface area contributed by atoms with Crippen LogP contribution in [0.3, 0.4) is 0 Å². The van der Waals surface area contributed by atoms with E-state index in [0.29, 0.717) is 26.4 Å². The molecule has 2 aromatic rings. The van der Waals surface area contributed by atoms with Crippen LogP contribution in [0.4, 0.5) is 0 Å². The van der Waals surface area contributed by atoms with Gasteiger partial charge in [0.25, 0.3) is 0 Å². The minimum atomic E-state index is 0.490. The van der Waals surface area contributed by atoms with Gasteiger partial charge in [-0.25, -0.2) is 6.08 Å². The Balaban J connectivity index is 0.00000116. The van der Waals surface area contributed by atoms with Gasteiger partial charge < -0.3 is 15.5 Å². The Labute approximate surface area is 146 Å². The molecule has 0 radical (unpaired) electrons. The second-order valence-electron chi connectivity index (χ2n) is 4.39. The predicted molar refractivity (Wildman–Crippen MR) is 85.9 cm³/mol. The molecule has 0 aromatic heterocycles. The summed E-state index contributed by atoms with van der Waals surface area (Å²) in [6.45, 7) is 2.30. The maximum absolute atomic E-state index is 5.51. The van der Waals surface area contributed by atoms with Crippen LogP contribution in [0.5, 0.6) is 0 Å². The van der Waals surface area contributed by atoms with Gasteiger partial charge in [0.05, 0.1) is 13.2 Å². The number of halogens is 1. The average molecular weight is 368 g/mol. The van der Waals surface area contributed by atoms with Crippen molar-refractivity contribution in [2.45, 2.75) is 13.2 Å². The third-order valence-corrected chi connectivity index (χ3v) is 2.75. The molecule has 0 unspecified atom stereocenters. The van der Waals surface area contributed by atoms with Crippen molar-refractivity contribution in [3.63, 3.8) is 0 Å². The van der Waals surface area contributed by atoms with E-state index in [1.54, 1.807) is 0 Å². The fourth-order valence-corrected chi connectivity index (χ4v) is 1.73. The monoisotopic (exact) mass is 366 g/mol. The molecule has 2 rings (SSSR count). The van der Waals surface area contributed by atoms with Crippen LogP contribution < -0.4 is 0 Å². The zero-order valence-corrected chi connectivity index (χ0v) is 16.3. The predicted octanol–water partition coefficient (Wildman–Crippen LogP) is 4.47. The molecule has 2 nitrogen and oxygen atoms in total. The fourth-order valence-electron chi connectivity index (χ4n) is 1.73. The van der Waals surface area contributed by atoms with Crippen LogP contribution >= 0.6 is 9.69 Å². The first-order valence-corrected chi connectivity index (χ1v) is 10.9. The van der Waals surface area contributed by atoms with Crippen molar-refractivity contribution in [1.29, 1.82) is 0 Å². The number of rotatable bonds is 8. The van der Waals surface area contributed by atoms with Crippen molar-refractivity contribution in [2.75, 3.05) is 13.2 Å². The van der Waals surface area contributed by atoms with E-state index in [0.717, 1.165) is 17.3 Å². The Bertz CT molecular complexity index is 456. The van der Waals surface area contributed by atoms with E-state index in [9.17, 15) is 0 Å². The minimum absolute atomic E-state index is 0.490. The first-order chi connectivity index (χ1) is 10.9. The molecule has 0 aliphatic rings. The summed E-state index contributed by atoms with van der Waals surface area (Å²) in [5.74, 6) is 0. The van der Waals surface area contributed by atoms with Gasteiger partial charge in [0.2, 0.25) is 0 Å². The van der Waals surface area contributed by atoms with Gasteiger partial charge in [-0.05, 0) is 11.1 Å². The number of hydrogen-bond donors (Lipinski definition) is 0. The van der Waals surface area contributed by atoms with Crippen molar-refractivity contribution >= 4 is 9.69 Å². The van der Waals surface area contributed by atoms with Gasteiger partial charge in [-0.2, -0.15) is 0 Å². The summed E-state index contributed by atoms with van der Waals surface area (Å²) < 4.78 is 11.0. The van der Waals surface area contributed by atoms with Crippen LogP contribution in [0, 0.1) is 6.08 Å². The third-order valence-electron chi connectivity index (χ3n) is 2.75. The van der Waals surface area contributed by atoms with Crippen LogP contribution in [0.25, 0.3) is 0 Å². The zero-order valence-electron chi connectivity index (χ0n) is 12.6. The summed E-state index contributed by atoms with van der Waals surface area (Å²) in [4.78, 5) is 0. The maximum atomic E-state index is 5.51. The molecular formula is C18H19ClO2Zn. The summed E-state index contributed by atoms with van der Waals surface area (Å²) >= 11 is 0.847. The first kappa shape index (κ1) is 19.1. The van der Waals surface area contributed by atoms with Crippen molar-refractivity contribution in [2.24, 2.45) is 0 Å². The molecule has 0 amide bonds. The molecule has 0 spiro atoms. The molecular weight excluding hydrogens is 349 g/mol. The van der Waals surface area contributed by atoms with Crippen molar-refractivity contribution in [1.82, 2.24) is 0 Å². The van der Waals surface area contributed by atoms with Gasteiger partial charge in [0.1, 0.15) is 0 Å². The summed E-state index contributed by atoms with van der Waals surface area (Å²) in [7, 11) is 4.76. The van der Waals surface area contributed by atoms with Crippen LogP contribution in [0.2, 0.25) is 0 Å². The SMILES string of the molecule is [C-](=CCOCc1ccccc1)COCc1ccccc1.[Cl][Zn+]. The Morgan fingerprint density at radius 1 is 0.818 bits per heavy atom. The van der Waals surface area contributed by atoms with Gasteiger partial charge in [0.15, 0.2) is 0 Å². The topological polar surface area (TPSA) is 18.5 Å². The molecule has 0 fully saturated rings. The summed E-state index contributed by atoms with van der Waals surface area (Å²) in [5.41, 5.74) is 2.36. The average Bonchev–Trinajstić information content (AvgIpc) is 2.61. The first-order valence-electron chi connectivity index (χ1n) is 7.00. The van der Waals surface area contributed by atoms with Gasteiger partial charge in [-0.1, -0.05) is 67.3 Å². The molecule has 0 atom stereocenters. The van der Waals surface area contributed by atoms with Crippen LogP contribution in [0.1, 0.15) is 11.1 Å². The molecule has 0 N–H and O–H groups in total. The number of ether oxygens (including phenoxy) is 2. The molecule has 0 aliphatic heterocycles. The second-order valence-corrected chi connectivity index (χ2v) is 4.39. The molecule has 0 heterocycles.